The van der Waals surface area contributed by atoms with Crippen LogP contribution in [0.4, 0.5) is 11.9 Å². The summed E-state index contributed by atoms with van der Waals surface area (Å²) in [4.78, 5) is 20.3. The van der Waals surface area contributed by atoms with E-state index in [1.165, 1.54) is 0 Å². The largest absolute Gasteiger partial charge is 0.338 e. The lowest BCUT2D eigenvalue weighted by molar-refractivity contribution is 0.158. The first-order valence-corrected chi connectivity index (χ1v) is 14.5. The molecule has 2 aliphatic heterocycles. The van der Waals surface area contributed by atoms with Crippen LogP contribution in [0.25, 0.3) is 0 Å². The second kappa shape index (κ2) is 10.7. The fraction of sp³-hybridized carbons (Fsp3) is 0.897. The number of piperidine rings is 2. The topological polar surface area (TPSA) is 69.2 Å². The highest BCUT2D eigenvalue weighted by Crippen LogP contribution is 2.35. The fourth-order valence-corrected chi connectivity index (χ4v) is 7.20. The molecule has 2 aliphatic rings. The van der Waals surface area contributed by atoms with Gasteiger partial charge in [0.05, 0.1) is 0 Å². The Kier molecular flexibility index (Phi) is 8.66. The van der Waals surface area contributed by atoms with Gasteiger partial charge in [0, 0.05) is 53.7 Å². The summed E-state index contributed by atoms with van der Waals surface area (Å²) in [6.45, 7) is 27.1. The molecule has 2 N–H and O–H groups in total. The Morgan fingerprint density at radius 1 is 0.639 bits per heavy atom. The number of unbranched alkanes of at least 4 members (excludes halogenated alkanes) is 1. The zero-order chi connectivity index (χ0) is 26.9. The van der Waals surface area contributed by atoms with E-state index in [0.29, 0.717) is 12.1 Å². The summed E-state index contributed by atoms with van der Waals surface area (Å²) >= 11 is 0. The molecule has 1 aromatic rings. The Hall–Kier alpha value is -1.47. The van der Waals surface area contributed by atoms with Gasteiger partial charge in [-0.3, -0.25) is 0 Å². The van der Waals surface area contributed by atoms with Crippen LogP contribution in [0.5, 0.6) is 0 Å². The third-order valence-electron chi connectivity index (χ3n) is 7.83. The number of anilines is 2. The molecule has 3 heterocycles. The molecule has 3 rings (SSSR count). The summed E-state index contributed by atoms with van der Waals surface area (Å²) in [7, 11) is 0. The van der Waals surface area contributed by atoms with Gasteiger partial charge in [-0.1, -0.05) is 13.3 Å². The standard InChI is InChI=1S/C29H55N7/c1-12-15-16-23-30-24(35(13-2)21-17-26(4,5)33-27(6,7)18-21)32-25(31-23)36(14-3)22-19-28(8,9)34-29(10,11)20-22/h21-22,33-34H,12-20H2,1-11H3. The van der Waals surface area contributed by atoms with Gasteiger partial charge in [-0.25, -0.2) is 0 Å². The summed E-state index contributed by atoms with van der Waals surface area (Å²) in [6, 6.07) is 0.782. The Balaban J connectivity index is 2.01. The molecule has 2 fully saturated rings. The minimum atomic E-state index is 0.0719. The molecule has 0 atom stereocenters. The van der Waals surface area contributed by atoms with Gasteiger partial charge in [0.25, 0.3) is 0 Å². The SMILES string of the molecule is CCCCc1nc(N(CC)C2CC(C)(C)NC(C)(C)C2)nc(N(CC)C2CC(C)(C)NC(C)(C)C2)n1. The van der Waals surface area contributed by atoms with Crippen LogP contribution >= 0.6 is 0 Å². The minimum Gasteiger partial charge on any atom is -0.338 e. The van der Waals surface area contributed by atoms with E-state index in [4.69, 9.17) is 15.0 Å². The molecule has 206 valence electrons. The van der Waals surface area contributed by atoms with E-state index in [0.717, 1.165) is 75.8 Å². The van der Waals surface area contributed by atoms with Crippen molar-refractivity contribution in [3.8, 4) is 0 Å². The zero-order valence-electron chi connectivity index (χ0n) is 25.3. The molecule has 2 saturated heterocycles. The van der Waals surface area contributed by atoms with Gasteiger partial charge >= 0.3 is 0 Å². The minimum absolute atomic E-state index is 0.0719. The maximum atomic E-state index is 5.21. The van der Waals surface area contributed by atoms with E-state index in [2.05, 4.69) is 96.6 Å². The second-order valence-corrected chi connectivity index (χ2v) is 13.9. The van der Waals surface area contributed by atoms with E-state index >= 15 is 0 Å². The van der Waals surface area contributed by atoms with Crippen molar-refractivity contribution >= 4 is 11.9 Å². The van der Waals surface area contributed by atoms with Crippen LogP contribution in [0, 0.1) is 0 Å². The van der Waals surface area contributed by atoms with Crippen molar-refractivity contribution in [2.24, 2.45) is 0 Å². The third-order valence-corrected chi connectivity index (χ3v) is 7.83. The van der Waals surface area contributed by atoms with Crippen molar-refractivity contribution in [1.29, 1.82) is 0 Å². The quantitative estimate of drug-likeness (QED) is 0.464. The Labute approximate surface area is 221 Å². The summed E-state index contributed by atoms with van der Waals surface area (Å²) in [5.41, 5.74) is 0.288. The highest BCUT2D eigenvalue weighted by Gasteiger charge is 2.42. The molecular weight excluding hydrogens is 446 g/mol. The first-order valence-electron chi connectivity index (χ1n) is 14.5. The molecule has 1 aromatic heterocycles. The van der Waals surface area contributed by atoms with Crippen LogP contribution in [0.15, 0.2) is 0 Å². The van der Waals surface area contributed by atoms with Crippen LogP contribution < -0.4 is 20.4 Å². The third kappa shape index (κ3) is 7.31. The number of nitrogens with one attached hydrogen (secondary N) is 2. The molecular formula is C29H55N7. The molecule has 7 heteroatoms. The monoisotopic (exact) mass is 501 g/mol. The number of aromatic nitrogens is 3. The number of rotatable bonds is 9. The van der Waals surface area contributed by atoms with Gasteiger partial charge in [0.1, 0.15) is 5.82 Å². The van der Waals surface area contributed by atoms with Crippen molar-refractivity contribution in [2.75, 3.05) is 22.9 Å². The van der Waals surface area contributed by atoms with E-state index < -0.39 is 0 Å². The average molecular weight is 502 g/mol. The van der Waals surface area contributed by atoms with Crippen molar-refractivity contribution < 1.29 is 0 Å². The maximum Gasteiger partial charge on any atom is 0.230 e. The molecule has 0 amide bonds. The van der Waals surface area contributed by atoms with Gasteiger partial charge in [-0.05, 0) is 101 Å². The molecule has 0 aliphatic carbocycles. The summed E-state index contributed by atoms with van der Waals surface area (Å²) in [5.74, 6) is 2.66. The second-order valence-electron chi connectivity index (χ2n) is 13.9. The van der Waals surface area contributed by atoms with Crippen LogP contribution in [0.1, 0.15) is 121 Å². The molecule has 7 nitrogen and oxygen atoms in total. The van der Waals surface area contributed by atoms with Crippen LogP contribution in [0.2, 0.25) is 0 Å². The summed E-state index contributed by atoms with van der Waals surface area (Å²) in [5, 5.41) is 7.67. The fourth-order valence-electron chi connectivity index (χ4n) is 7.20. The van der Waals surface area contributed by atoms with E-state index in [1.807, 2.05) is 0 Å². The molecule has 0 spiro atoms. The zero-order valence-corrected chi connectivity index (χ0v) is 25.3. The number of hydrogen-bond acceptors (Lipinski definition) is 7. The average Bonchev–Trinajstić information content (AvgIpc) is 2.69. The summed E-state index contributed by atoms with van der Waals surface area (Å²) in [6.07, 6.45) is 7.43. The normalized spacial score (nSPS) is 23.4. The van der Waals surface area contributed by atoms with Crippen LogP contribution in [-0.2, 0) is 6.42 Å². The lowest BCUT2D eigenvalue weighted by atomic mass is 9.79. The van der Waals surface area contributed by atoms with Crippen molar-refractivity contribution in [1.82, 2.24) is 25.6 Å². The lowest BCUT2D eigenvalue weighted by Gasteiger charge is -2.50. The van der Waals surface area contributed by atoms with Gasteiger partial charge in [-0.15, -0.1) is 0 Å². The van der Waals surface area contributed by atoms with Gasteiger partial charge in [0.15, 0.2) is 0 Å². The van der Waals surface area contributed by atoms with Gasteiger partial charge in [0.2, 0.25) is 11.9 Å². The highest BCUT2D eigenvalue weighted by atomic mass is 15.4. The van der Waals surface area contributed by atoms with Crippen molar-refractivity contribution in [2.45, 2.75) is 155 Å². The molecule has 0 unspecified atom stereocenters. The molecule has 0 aromatic carbocycles. The molecule has 0 radical (unpaired) electrons. The summed E-state index contributed by atoms with van der Waals surface area (Å²) < 4.78 is 0. The van der Waals surface area contributed by atoms with E-state index in [-0.39, 0.29) is 22.2 Å². The van der Waals surface area contributed by atoms with E-state index in [9.17, 15) is 0 Å². The van der Waals surface area contributed by atoms with Gasteiger partial charge in [-0.2, -0.15) is 15.0 Å². The highest BCUT2D eigenvalue weighted by molar-refractivity contribution is 5.42. The molecule has 36 heavy (non-hydrogen) atoms. The van der Waals surface area contributed by atoms with Crippen LogP contribution in [-0.4, -0.2) is 62.3 Å². The Morgan fingerprint density at radius 2 is 1.00 bits per heavy atom. The van der Waals surface area contributed by atoms with Gasteiger partial charge < -0.3 is 20.4 Å². The predicted molar refractivity (Wildman–Crippen MR) is 153 cm³/mol. The Morgan fingerprint density at radius 3 is 1.31 bits per heavy atom. The number of hydrogen-bond donors (Lipinski definition) is 2. The van der Waals surface area contributed by atoms with Crippen LogP contribution in [0.3, 0.4) is 0 Å². The lowest BCUT2D eigenvalue weighted by Crippen LogP contribution is -2.62. The smallest absolute Gasteiger partial charge is 0.230 e. The molecule has 0 saturated carbocycles. The Bertz CT molecular complexity index is 780. The first kappa shape index (κ1) is 29.1. The number of aryl methyl sites for hydroxylation is 1. The predicted octanol–water partition coefficient (Wildman–Crippen LogP) is 5.49. The first-order chi connectivity index (χ1) is 16.6. The number of nitrogens with zero attached hydrogens (tertiary/aromatic N) is 5. The van der Waals surface area contributed by atoms with Crippen molar-refractivity contribution in [3.05, 3.63) is 5.82 Å². The maximum absolute atomic E-state index is 5.21. The van der Waals surface area contributed by atoms with Crippen molar-refractivity contribution in [3.63, 3.8) is 0 Å². The molecule has 0 bridgehead atoms. The van der Waals surface area contributed by atoms with E-state index in [1.54, 1.807) is 0 Å².